The highest BCUT2D eigenvalue weighted by atomic mass is 35.5. The molecule has 0 radical (unpaired) electrons. The number of ketones is 1. The molecule has 0 aliphatic carbocycles. The van der Waals surface area contributed by atoms with E-state index in [-0.39, 0.29) is 11.5 Å². The maximum absolute atomic E-state index is 11.8. The number of halogens is 1. The Hall–Kier alpha value is -1.81. The Morgan fingerprint density at radius 3 is 2.35 bits per heavy atom. The molecule has 2 aromatic rings. The monoisotopic (exact) mass is 250 g/mol. The van der Waals surface area contributed by atoms with Crippen LogP contribution in [0.2, 0.25) is 5.02 Å². The van der Waals surface area contributed by atoms with Crippen molar-refractivity contribution in [3.05, 3.63) is 51.2 Å². The molecule has 88 valence electrons. The lowest BCUT2D eigenvalue weighted by Gasteiger charge is -2.04. The lowest BCUT2D eigenvalue weighted by molar-refractivity contribution is 0.101. The molecule has 0 aliphatic heterocycles. The molecule has 0 saturated carbocycles. The van der Waals surface area contributed by atoms with Crippen molar-refractivity contribution >= 4 is 17.4 Å². The van der Waals surface area contributed by atoms with E-state index >= 15 is 0 Å². The fourth-order valence-corrected chi connectivity index (χ4v) is 1.89. The van der Waals surface area contributed by atoms with Gasteiger partial charge in [-0.25, -0.2) is 4.79 Å². The van der Waals surface area contributed by atoms with Gasteiger partial charge in [0.05, 0.1) is 11.4 Å². The number of nitrogens with zero attached hydrogens (tertiary/aromatic N) is 1. The molecule has 1 aromatic heterocycles. The van der Waals surface area contributed by atoms with Gasteiger partial charge in [-0.05, 0) is 31.2 Å². The molecular weight excluding hydrogens is 240 g/mol. The fraction of sp³-hybridized carbons (Fsp3) is 0.167. The number of aromatic amines is 1. The second kappa shape index (κ2) is 4.22. The van der Waals surface area contributed by atoms with Gasteiger partial charge in [0, 0.05) is 11.9 Å². The number of H-pyrrole nitrogens is 1. The van der Waals surface area contributed by atoms with Gasteiger partial charge >= 0.3 is 5.69 Å². The molecule has 5 heteroatoms. The van der Waals surface area contributed by atoms with Gasteiger partial charge in [-0.2, -0.15) is 0 Å². The average molecular weight is 251 g/mol. The fourth-order valence-electron chi connectivity index (χ4n) is 1.76. The summed E-state index contributed by atoms with van der Waals surface area (Å²) in [7, 11) is 0. The van der Waals surface area contributed by atoms with E-state index in [0.717, 1.165) is 0 Å². The quantitative estimate of drug-likeness (QED) is 0.832. The number of Topliss-reactive ketones (excluding diaryl/α,β-unsaturated/α-hetero) is 1. The van der Waals surface area contributed by atoms with Crippen molar-refractivity contribution in [1.29, 1.82) is 0 Å². The van der Waals surface area contributed by atoms with Crippen LogP contribution in [0, 0.1) is 6.92 Å². The van der Waals surface area contributed by atoms with Crippen molar-refractivity contribution in [3.8, 4) is 5.69 Å². The topological polar surface area (TPSA) is 54.9 Å². The number of carbonyl (C=O) groups excluding carboxylic acids is 1. The Kier molecular flexibility index (Phi) is 2.90. The van der Waals surface area contributed by atoms with E-state index in [4.69, 9.17) is 11.6 Å². The summed E-state index contributed by atoms with van der Waals surface area (Å²) in [6.07, 6.45) is 0. The highest BCUT2D eigenvalue weighted by Crippen LogP contribution is 2.15. The van der Waals surface area contributed by atoms with Crippen molar-refractivity contribution in [2.45, 2.75) is 13.8 Å². The molecule has 0 saturated heterocycles. The first-order chi connectivity index (χ1) is 8.00. The second-order valence-corrected chi connectivity index (χ2v) is 4.20. The van der Waals surface area contributed by atoms with E-state index in [1.165, 1.54) is 11.5 Å². The van der Waals surface area contributed by atoms with Crippen LogP contribution in [0.1, 0.15) is 23.1 Å². The van der Waals surface area contributed by atoms with Gasteiger partial charge in [-0.3, -0.25) is 9.36 Å². The first-order valence-electron chi connectivity index (χ1n) is 5.09. The van der Waals surface area contributed by atoms with Gasteiger partial charge in [0.25, 0.3) is 0 Å². The molecular formula is C12H11ClN2O2. The van der Waals surface area contributed by atoms with Crippen molar-refractivity contribution < 1.29 is 4.79 Å². The predicted octanol–water partition coefficient (Wildman–Crippen LogP) is 2.33. The van der Waals surface area contributed by atoms with E-state index < -0.39 is 0 Å². The van der Waals surface area contributed by atoms with E-state index in [2.05, 4.69) is 4.98 Å². The van der Waals surface area contributed by atoms with Crippen molar-refractivity contribution in [1.82, 2.24) is 9.55 Å². The Morgan fingerprint density at radius 2 is 1.88 bits per heavy atom. The SMILES string of the molecule is CC(=O)c1[nH]c(=O)n(-c2ccc(Cl)cc2)c1C. The van der Waals surface area contributed by atoms with Crippen LogP contribution in [0.25, 0.3) is 5.69 Å². The summed E-state index contributed by atoms with van der Waals surface area (Å²) in [6.45, 7) is 3.15. The lowest BCUT2D eigenvalue weighted by atomic mass is 10.2. The summed E-state index contributed by atoms with van der Waals surface area (Å²) in [5.74, 6) is -0.160. The van der Waals surface area contributed by atoms with E-state index in [1.807, 2.05) is 0 Å². The Labute approximate surface area is 103 Å². The molecule has 0 unspecified atom stereocenters. The number of hydrogen-bond donors (Lipinski definition) is 1. The maximum atomic E-state index is 11.8. The number of hydrogen-bond acceptors (Lipinski definition) is 2. The molecule has 0 fully saturated rings. The van der Waals surface area contributed by atoms with Crippen LogP contribution in [0.4, 0.5) is 0 Å². The van der Waals surface area contributed by atoms with Crippen LogP contribution in [0.15, 0.2) is 29.1 Å². The van der Waals surface area contributed by atoms with Gasteiger partial charge in [0.1, 0.15) is 5.69 Å². The van der Waals surface area contributed by atoms with Crippen molar-refractivity contribution in [3.63, 3.8) is 0 Å². The lowest BCUT2D eigenvalue weighted by Crippen LogP contribution is -2.15. The van der Waals surface area contributed by atoms with Crippen LogP contribution < -0.4 is 5.69 Å². The molecule has 1 aromatic carbocycles. The summed E-state index contributed by atoms with van der Waals surface area (Å²) >= 11 is 5.79. The van der Waals surface area contributed by atoms with E-state index in [9.17, 15) is 9.59 Å². The molecule has 4 nitrogen and oxygen atoms in total. The molecule has 0 aliphatic rings. The van der Waals surface area contributed by atoms with Gasteiger partial charge in [0.15, 0.2) is 5.78 Å². The average Bonchev–Trinajstić information content (AvgIpc) is 2.56. The highest BCUT2D eigenvalue weighted by Gasteiger charge is 2.14. The van der Waals surface area contributed by atoms with Crippen molar-refractivity contribution in [2.75, 3.05) is 0 Å². The summed E-state index contributed by atoms with van der Waals surface area (Å²) < 4.78 is 1.45. The molecule has 0 atom stereocenters. The third kappa shape index (κ3) is 2.03. The summed E-state index contributed by atoms with van der Waals surface area (Å²) in [5, 5.41) is 0.599. The third-order valence-corrected chi connectivity index (χ3v) is 2.82. The molecule has 0 amide bonds. The predicted molar refractivity (Wildman–Crippen MR) is 66.1 cm³/mol. The minimum absolute atomic E-state index is 0.160. The zero-order valence-electron chi connectivity index (χ0n) is 9.45. The minimum Gasteiger partial charge on any atom is -0.303 e. The number of rotatable bonds is 2. The summed E-state index contributed by atoms with van der Waals surface area (Å²) in [5.41, 5.74) is 1.30. The highest BCUT2D eigenvalue weighted by molar-refractivity contribution is 6.30. The first kappa shape index (κ1) is 11.7. The Bertz CT molecular complexity index is 623. The number of nitrogens with one attached hydrogen (secondary N) is 1. The molecule has 1 heterocycles. The number of carbonyl (C=O) groups is 1. The van der Waals surface area contributed by atoms with E-state index in [0.29, 0.717) is 22.1 Å². The number of benzene rings is 1. The van der Waals surface area contributed by atoms with Gasteiger partial charge < -0.3 is 4.98 Å². The zero-order valence-corrected chi connectivity index (χ0v) is 10.2. The first-order valence-corrected chi connectivity index (χ1v) is 5.47. The normalized spacial score (nSPS) is 10.5. The van der Waals surface area contributed by atoms with Gasteiger partial charge in [0.2, 0.25) is 0 Å². The largest absolute Gasteiger partial charge is 0.330 e. The summed E-state index contributed by atoms with van der Waals surface area (Å²) in [4.78, 5) is 25.6. The van der Waals surface area contributed by atoms with Gasteiger partial charge in [-0.15, -0.1) is 0 Å². The van der Waals surface area contributed by atoms with Crippen molar-refractivity contribution in [2.24, 2.45) is 0 Å². The molecule has 1 N–H and O–H groups in total. The number of aromatic nitrogens is 2. The molecule has 2 rings (SSSR count). The molecule has 0 bridgehead atoms. The zero-order chi connectivity index (χ0) is 12.6. The second-order valence-electron chi connectivity index (χ2n) is 3.76. The Balaban J connectivity index is 2.64. The third-order valence-electron chi connectivity index (χ3n) is 2.57. The molecule has 0 spiro atoms. The maximum Gasteiger partial charge on any atom is 0.330 e. The van der Waals surface area contributed by atoms with Crippen LogP contribution >= 0.6 is 11.6 Å². The van der Waals surface area contributed by atoms with Crippen LogP contribution in [-0.2, 0) is 0 Å². The summed E-state index contributed by atoms with van der Waals surface area (Å²) in [6, 6.07) is 6.86. The van der Waals surface area contributed by atoms with Crippen LogP contribution in [-0.4, -0.2) is 15.3 Å². The molecule has 17 heavy (non-hydrogen) atoms. The van der Waals surface area contributed by atoms with Crippen LogP contribution in [0.5, 0.6) is 0 Å². The standard InChI is InChI=1S/C12H11ClN2O2/c1-7-11(8(2)16)14-12(17)15(7)10-5-3-9(13)4-6-10/h3-6H,1-2H3,(H,14,17). The Morgan fingerprint density at radius 1 is 1.29 bits per heavy atom. The van der Waals surface area contributed by atoms with Gasteiger partial charge in [-0.1, -0.05) is 11.6 Å². The number of imidazole rings is 1. The minimum atomic E-state index is -0.324. The van der Waals surface area contributed by atoms with E-state index in [1.54, 1.807) is 31.2 Å². The smallest absolute Gasteiger partial charge is 0.303 e. The van der Waals surface area contributed by atoms with Crippen LogP contribution in [0.3, 0.4) is 0 Å².